The van der Waals surface area contributed by atoms with Crippen molar-refractivity contribution in [3.63, 3.8) is 0 Å². The lowest BCUT2D eigenvalue weighted by Gasteiger charge is -2.34. The van der Waals surface area contributed by atoms with Crippen molar-refractivity contribution in [1.82, 2.24) is 0 Å². The number of halogens is 4. The van der Waals surface area contributed by atoms with Crippen LogP contribution < -0.4 is 0 Å². The molecule has 0 aliphatic carbocycles. The average molecular weight is 494 g/mol. The van der Waals surface area contributed by atoms with Crippen molar-refractivity contribution >= 4 is 56.5 Å². The lowest BCUT2D eigenvalue weighted by molar-refractivity contribution is 0.428. The lowest BCUT2D eigenvalue weighted by Crippen LogP contribution is -2.39. The Labute approximate surface area is 186 Å². The monoisotopic (exact) mass is 492 g/mol. The summed E-state index contributed by atoms with van der Waals surface area (Å²) < 4.78 is 33.9. The van der Waals surface area contributed by atoms with E-state index in [0.717, 1.165) is 6.07 Å². The van der Waals surface area contributed by atoms with Gasteiger partial charge >= 0.3 is 0 Å². The van der Waals surface area contributed by atoms with Crippen LogP contribution in [0.2, 0.25) is 20.1 Å². The SMILES string of the molecule is O=S(=O)(O)C(c1ccccc1O)(c1ccccc1Cl)c1c(O)cc(Cl)c(Cl)c1Cl. The number of aromatic hydroxyl groups is 2. The number of rotatable bonds is 4. The standard InChI is InChI=1S/C19H12Cl4O5S/c20-12-7-3-1-5-10(12)19(29(26,27)28,11-6-2-4-8-14(11)24)16-15(25)9-13(21)17(22)18(16)23/h1-9,24-25H,(H,26,27,28). The quantitative estimate of drug-likeness (QED) is 0.239. The summed E-state index contributed by atoms with van der Waals surface area (Å²) in [5.41, 5.74) is -0.974. The highest BCUT2D eigenvalue weighted by Crippen LogP contribution is 2.55. The minimum atomic E-state index is -5.20. The fourth-order valence-electron chi connectivity index (χ4n) is 3.26. The Balaban J connectivity index is 2.69. The Morgan fingerprint density at radius 1 is 0.724 bits per heavy atom. The van der Waals surface area contributed by atoms with Crippen LogP contribution in [0.1, 0.15) is 16.7 Å². The predicted octanol–water partition coefficient (Wildman–Crippen LogP) is 5.89. The molecular formula is C19H12Cl4O5S. The zero-order chi connectivity index (χ0) is 21.6. The second kappa shape index (κ2) is 7.87. The van der Waals surface area contributed by atoms with E-state index in [9.17, 15) is 23.2 Å². The minimum Gasteiger partial charge on any atom is -0.508 e. The highest BCUT2D eigenvalue weighted by atomic mass is 35.5. The van der Waals surface area contributed by atoms with Gasteiger partial charge in [-0.1, -0.05) is 82.8 Å². The molecule has 0 saturated carbocycles. The van der Waals surface area contributed by atoms with Gasteiger partial charge in [-0.15, -0.1) is 0 Å². The average Bonchev–Trinajstić information content (AvgIpc) is 2.64. The number of para-hydroxylation sites is 1. The van der Waals surface area contributed by atoms with Crippen molar-refractivity contribution in [3.05, 3.63) is 91.4 Å². The summed E-state index contributed by atoms with van der Waals surface area (Å²) in [5, 5.41) is 20.3. The fraction of sp³-hybridized carbons (Fsp3) is 0.0526. The molecule has 0 fully saturated rings. The van der Waals surface area contributed by atoms with Crippen LogP contribution in [0.15, 0.2) is 54.6 Å². The number of benzene rings is 3. The van der Waals surface area contributed by atoms with Gasteiger partial charge in [-0.2, -0.15) is 8.42 Å². The summed E-state index contributed by atoms with van der Waals surface area (Å²) in [7, 11) is -5.20. The molecule has 152 valence electrons. The van der Waals surface area contributed by atoms with Crippen molar-refractivity contribution < 1.29 is 23.2 Å². The van der Waals surface area contributed by atoms with Crippen LogP contribution in [0, 0.1) is 0 Å². The van der Waals surface area contributed by atoms with E-state index in [4.69, 9.17) is 46.4 Å². The molecular weight excluding hydrogens is 482 g/mol. The number of hydrogen-bond acceptors (Lipinski definition) is 4. The Morgan fingerprint density at radius 3 is 1.83 bits per heavy atom. The summed E-state index contributed by atoms with van der Waals surface area (Å²) in [6.45, 7) is 0. The van der Waals surface area contributed by atoms with Crippen LogP contribution in [0.4, 0.5) is 0 Å². The zero-order valence-electron chi connectivity index (χ0n) is 14.3. The van der Waals surface area contributed by atoms with E-state index in [1.165, 1.54) is 42.5 Å². The first-order chi connectivity index (χ1) is 13.5. The molecule has 0 aliphatic heterocycles. The smallest absolute Gasteiger partial charge is 0.283 e. The summed E-state index contributed by atoms with van der Waals surface area (Å²) in [5.74, 6) is -1.17. The first kappa shape index (κ1) is 22.0. The van der Waals surface area contributed by atoms with Gasteiger partial charge in [0, 0.05) is 27.8 Å². The van der Waals surface area contributed by atoms with Crippen LogP contribution in [0.25, 0.3) is 0 Å². The van der Waals surface area contributed by atoms with Gasteiger partial charge < -0.3 is 10.2 Å². The molecule has 0 amide bonds. The Bertz CT molecular complexity index is 1170. The fourth-order valence-corrected chi connectivity index (χ4v) is 5.75. The van der Waals surface area contributed by atoms with Crippen molar-refractivity contribution in [2.24, 2.45) is 0 Å². The molecule has 0 heterocycles. The molecule has 3 aromatic carbocycles. The van der Waals surface area contributed by atoms with Crippen molar-refractivity contribution in [2.75, 3.05) is 0 Å². The highest BCUT2D eigenvalue weighted by Gasteiger charge is 2.54. The second-order valence-corrected chi connectivity index (χ2v) is 9.17. The van der Waals surface area contributed by atoms with E-state index in [-0.39, 0.29) is 26.2 Å². The van der Waals surface area contributed by atoms with Gasteiger partial charge in [-0.25, -0.2) is 0 Å². The minimum absolute atomic E-state index is 0.0742. The van der Waals surface area contributed by atoms with Gasteiger partial charge in [0.15, 0.2) is 4.75 Å². The van der Waals surface area contributed by atoms with Crippen LogP contribution in [-0.2, 0) is 14.9 Å². The van der Waals surface area contributed by atoms with Gasteiger partial charge in [0.05, 0.1) is 15.1 Å². The van der Waals surface area contributed by atoms with Gasteiger partial charge in [-0.05, 0) is 12.1 Å². The maximum atomic E-state index is 13.0. The third-order valence-corrected chi connectivity index (χ3v) is 7.43. The van der Waals surface area contributed by atoms with E-state index < -0.39 is 37.0 Å². The first-order valence-electron chi connectivity index (χ1n) is 7.91. The molecule has 5 nitrogen and oxygen atoms in total. The van der Waals surface area contributed by atoms with Crippen molar-refractivity contribution in [3.8, 4) is 11.5 Å². The molecule has 0 aliphatic rings. The summed E-state index contributed by atoms with van der Waals surface area (Å²) in [6.07, 6.45) is 0. The van der Waals surface area contributed by atoms with Gasteiger partial charge in [-0.3, -0.25) is 4.55 Å². The Kier molecular flexibility index (Phi) is 5.98. The van der Waals surface area contributed by atoms with E-state index in [2.05, 4.69) is 0 Å². The summed E-state index contributed by atoms with van der Waals surface area (Å²) in [4.78, 5) is 0. The lowest BCUT2D eigenvalue weighted by atomic mass is 9.82. The number of hydrogen-bond donors (Lipinski definition) is 3. The molecule has 0 radical (unpaired) electrons. The summed E-state index contributed by atoms with van der Waals surface area (Å²) >= 11 is 24.7. The van der Waals surface area contributed by atoms with Crippen molar-refractivity contribution in [2.45, 2.75) is 4.75 Å². The molecule has 1 unspecified atom stereocenters. The van der Waals surface area contributed by atoms with Crippen molar-refractivity contribution in [1.29, 1.82) is 0 Å². The first-order valence-corrected chi connectivity index (χ1v) is 10.9. The maximum absolute atomic E-state index is 13.0. The third kappa shape index (κ3) is 3.44. The van der Waals surface area contributed by atoms with Crippen LogP contribution in [0.3, 0.4) is 0 Å². The predicted molar refractivity (Wildman–Crippen MR) is 114 cm³/mol. The Hall–Kier alpha value is -1.67. The largest absolute Gasteiger partial charge is 0.508 e. The van der Waals surface area contributed by atoms with Crippen LogP contribution in [-0.4, -0.2) is 23.2 Å². The van der Waals surface area contributed by atoms with Gasteiger partial charge in [0.2, 0.25) is 0 Å². The zero-order valence-corrected chi connectivity index (χ0v) is 18.1. The second-order valence-electron chi connectivity index (χ2n) is 6.03. The van der Waals surface area contributed by atoms with E-state index in [1.54, 1.807) is 6.07 Å². The highest BCUT2D eigenvalue weighted by molar-refractivity contribution is 7.87. The summed E-state index contributed by atoms with van der Waals surface area (Å²) in [6, 6.07) is 12.1. The van der Waals surface area contributed by atoms with E-state index in [0.29, 0.717) is 0 Å². The molecule has 3 aromatic rings. The number of phenols is 2. The molecule has 29 heavy (non-hydrogen) atoms. The molecule has 1 atom stereocenters. The number of phenolic OH excluding ortho intramolecular Hbond substituents is 2. The molecule has 3 rings (SSSR count). The third-order valence-electron chi connectivity index (χ3n) is 4.42. The van der Waals surface area contributed by atoms with E-state index in [1.807, 2.05) is 0 Å². The Morgan fingerprint density at radius 2 is 1.28 bits per heavy atom. The van der Waals surface area contributed by atoms with Gasteiger partial charge in [0.25, 0.3) is 10.1 Å². The molecule has 3 N–H and O–H groups in total. The molecule has 0 saturated heterocycles. The topological polar surface area (TPSA) is 94.8 Å². The molecule has 0 spiro atoms. The molecule has 0 aromatic heterocycles. The molecule has 0 bridgehead atoms. The maximum Gasteiger partial charge on any atom is 0.283 e. The molecule has 10 heteroatoms. The van der Waals surface area contributed by atoms with Gasteiger partial charge in [0.1, 0.15) is 11.5 Å². The normalized spacial score (nSPS) is 13.8. The van der Waals surface area contributed by atoms with E-state index >= 15 is 0 Å². The van der Waals surface area contributed by atoms with Crippen LogP contribution >= 0.6 is 46.4 Å². The van der Waals surface area contributed by atoms with Crippen LogP contribution in [0.5, 0.6) is 11.5 Å².